The Labute approximate surface area is 104 Å². The Morgan fingerprint density at radius 3 is 2.25 bits per heavy atom. The van der Waals surface area contributed by atoms with Gasteiger partial charge in [0.15, 0.2) is 0 Å². The molecule has 0 aromatic carbocycles. The molecule has 4 heteroatoms. The van der Waals surface area contributed by atoms with E-state index in [2.05, 4.69) is 19.2 Å². The van der Waals surface area contributed by atoms with E-state index < -0.39 is 0 Å². The van der Waals surface area contributed by atoms with Crippen LogP contribution in [0.2, 0.25) is 0 Å². The number of carbonyl (C=O) groups is 1. The molecule has 0 saturated carbocycles. The van der Waals surface area contributed by atoms with Gasteiger partial charge in [-0.05, 0) is 25.7 Å². The average molecular weight is 244 g/mol. The fraction of sp³-hybridized carbons (Fsp3) is 0.833. The summed E-state index contributed by atoms with van der Waals surface area (Å²) in [4.78, 5) is 12.1. The van der Waals surface area contributed by atoms with E-state index in [0.717, 1.165) is 12.8 Å². The van der Waals surface area contributed by atoms with Crippen molar-refractivity contribution in [3.8, 4) is 0 Å². The SMILES string of the molecule is CCC(C)CC(C)NC(=O)C(CC)C(N)=S. The highest BCUT2D eigenvalue weighted by Crippen LogP contribution is 2.11. The van der Waals surface area contributed by atoms with E-state index in [-0.39, 0.29) is 22.9 Å². The molecule has 0 aromatic rings. The van der Waals surface area contributed by atoms with E-state index in [1.165, 1.54) is 0 Å². The molecule has 3 nitrogen and oxygen atoms in total. The first-order chi connectivity index (χ1) is 7.42. The Morgan fingerprint density at radius 2 is 1.88 bits per heavy atom. The summed E-state index contributed by atoms with van der Waals surface area (Å²) in [6.45, 7) is 8.29. The van der Waals surface area contributed by atoms with Crippen molar-refractivity contribution in [3.63, 3.8) is 0 Å². The molecule has 0 spiro atoms. The molecule has 3 N–H and O–H groups in total. The number of rotatable bonds is 7. The second-order valence-electron chi connectivity index (χ2n) is 4.52. The molecule has 0 aromatic heterocycles. The maximum atomic E-state index is 11.8. The Bertz CT molecular complexity index is 243. The van der Waals surface area contributed by atoms with Crippen LogP contribution in [0.4, 0.5) is 0 Å². The number of hydrogen-bond acceptors (Lipinski definition) is 2. The number of nitrogens with one attached hydrogen (secondary N) is 1. The van der Waals surface area contributed by atoms with Crippen LogP contribution in [-0.2, 0) is 4.79 Å². The molecule has 0 bridgehead atoms. The summed E-state index contributed by atoms with van der Waals surface area (Å²) in [5, 5.41) is 2.97. The van der Waals surface area contributed by atoms with Crippen molar-refractivity contribution in [3.05, 3.63) is 0 Å². The standard InChI is InChI=1S/C12H24N2OS/c1-5-8(3)7-9(4)14-12(15)10(6-2)11(13)16/h8-10H,5-7H2,1-4H3,(H2,13,16)(H,14,15). The van der Waals surface area contributed by atoms with Gasteiger partial charge in [-0.1, -0.05) is 39.4 Å². The van der Waals surface area contributed by atoms with Gasteiger partial charge in [0.05, 0.1) is 10.9 Å². The van der Waals surface area contributed by atoms with Gasteiger partial charge in [0, 0.05) is 6.04 Å². The summed E-state index contributed by atoms with van der Waals surface area (Å²) < 4.78 is 0. The van der Waals surface area contributed by atoms with E-state index in [4.69, 9.17) is 18.0 Å². The highest BCUT2D eigenvalue weighted by molar-refractivity contribution is 7.80. The van der Waals surface area contributed by atoms with E-state index >= 15 is 0 Å². The van der Waals surface area contributed by atoms with Crippen LogP contribution < -0.4 is 11.1 Å². The summed E-state index contributed by atoms with van der Waals surface area (Å²) in [6, 6.07) is 0.186. The minimum Gasteiger partial charge on any atom is -0.393 e. The minimum atomic E-state index is -0.325. The molecule has 16 heavy (non-hydrogen) atoms. The van der Waals surface area contributed by atoms with Crippen LogP contribution in [0.1, 0.15) is 47.0 Å². The summed E-state index contributed by atoms with van der Waals surface area (Å²) in [5.74, 6) is 0.264. The normalized spacial score (nSPS) is 16.2. The molecule has 0 rings (SSSR count). The van der Waals surface area contributed by atoms with Crippen molar-refractivity contribution in [1.82, 2.24) is 5.32 Å². The number of thiocarbonyl (C=S) groups is 1. The largest absolute Gasteiger partial charge is 0.393 e. The third-order valence-electron chi connectivity index (χ3n) is 2.91. The van der Waals surface area contributed by atoms with Gasteiger partial charge in [-0.3, -0.25) is 4.79 Å². The molecule has 94 valence electrons. The molecule has 0 fully saturated rings. The highest BCUT2D eigenvalue weighted by Gasteiger charge is 2.20. The predicted octanol–water partition coefficient (Wildman–Crippen LogP) is 2.24. The number of nitrogens with two attached hydrogens (primary N) is 1. The van der Waals surface area contributed by atoms with Gasteiger partial charge in [-0.2, -0.15) is 0 Å². The number of amides is 1. The van der Waals surface area contributed by atoms with E-state index in [1.807, 2.05) is 13.8 Å². The fourth-order valence-corrected chi connectivity index (χ4v) is 1.96. The van der Waals surface area contributed by atoms with Gasteiger partial charge < -0.3 is 11.1 Å². The molecule has 0 saturated heterocycles. The lowest BCUT2D eigenvalue weighted by molar-refractivity contribution is -0.123. The highest BCUT2D eigenvalue weighted by atomic mass is 32.1. The monoisotopic (exact) mass is 244 g/mol. The van der Waals surface area contributed by atoms with Crippen molar-refractivity contribution in [2.24, 2.45) is 17.6 Å². The predicted molar refractivity (Wildman–Crippen MR) is 72.2 cm³/mol. The van der Waals surface area contributed by atoms with Gasteiger partial charge >= 0.3 is 0 Å². The molecule has 0 aliphatic carbocycles. The van der Waals surface area contributed by atoms with Crippen molar-refractivity contribution >= 4 is 23.1 Å². The fourth-order valence-electron chi connectivity index (χ4n) is 1.69. The van der Waals surface area contributed by atoms with Crippen LogP contribution in [0.5, 0.6) is 0 Å². The molecule has 0 heterocycles. The van der Waals surface area contributed by atoms with Crippen LogP contribution in [-0.4, -0.2) is 16.9 Å². The smallest absolute Gasteiger partial charge is 0.230 e. The third kappa shape index (κ3) is 5.45. The van der Waals surface area contributed by atoms with Gasteiger partial charge in [0.1, 0.15) is 0 Å². The maximum Gasteiger partial charge on any atom is 0.230 e. The summed E-state index contributed by atoms with van der Waals surface area (Å²) in [7, 11) is 0. The van der Waals surface area contributed by atoms with Crippen molar-refractivity contribution < 1.29 is 4.79 Å². The number of hydrogen-bond donors (Lipinski definition) is 2. The van der Waals surface area contributed by atoms with Crippen LogP contribution >= 0.6 is 12.2 Å². The lowest BCUT2D eigenvalue weighted by Crippen LogP contribution is -2.42. The second-order valence-corrected chi connectivity index (χ2v) is 4.99. The van der Waals surface area contributed by atoms with Crippen molar-refractivity contribution in [1.29, 1.82) is 0 Å². The Kier molecular flexibility index (Phi) is 7.30. The summed E-state index contributed by atoms with van der Waals surface area (Å²) in [5.41, 5.74) is 5.52. The first-order valence-electron chi connectivity index (χ1n) is 6.01. The topological polar surface area (TPSA) is 55.1 Å². The van der Waals surface area contributed by atoms with Crippen LogP contribution in [0.25, 0.3) is 0 Å². The Morgan fingerprint density at radius 1 is 1.31 bits per heavy atom. The van der Waals surface area contributed by atoms with Crippen LogP contribution in [0.15, 0.2) is 0 Å². The van der Waals surface area contributed by atoms with Crippen molar-refractivity contribution in [2.45, 2.75) is 53.0 Å². The zero-order valence-electron chi connectivity index (χ0n) is 10.7. The lowest BCUT2D eigenvalue weighted by atomic mass is 9.99. The lowest BCUT2D eigenvalue weighted by Gasteiger charge is -2.20. The molecule has 1 amide bonds. The second kappa shape index (κ2) is 7.60. The molecule has 3 atom stereocenters. The zero-order chi connectivity index (χ0) is 12.7. The Hall–Kier alpha value is -0.640. The van der Waals surface area contributed by atoms with E-state index in [0.29, 0.717) is 12.3 Å². The zero-order valence-corrected chi connectivity index (χ0v) is 11.6. The molecule has 3 unspecified atom stereocenters. The van der Waals surface area contributed by atoms with Crippen LogP contribution in [0, 0.1) is 11.8 Å². The molecular weight excluding hydrogens is 220 g/mol. The van der Waals surface area contributed by atoms with Gasteiger partial charge in [-0.25, -0.2) is 0 Å². The van der Waals surface area contributed by atoms with E-state index in [1.54, 1.807) is 0 Å². The van der Waals surface area contributed by atoms with E-state index in [9.17, 15) is 4.79 Å². The summed E-state index contributed by atoms with van der Waals surface area (Å²) in [6.07, 6.45) is 2.79. The molecule has 0 radical (unpaired) electrons. The van der Waals surface area contributed by atoms with Crippen molar-refractivity contribution in [2.75, 3.05) is 0 Å². The quantitative estimate of drug-likeness (QED) is 0.675. The maximum absolute atomic E-state index is 11.8. The first kappa shape index (κ1) is 15.4. The minimum absolute atomic E-state index is 0.0363. The first-order valence-corrected chi connectivity index (χ1v) is 6.42. The third-order valence-corrected chi connectivity index (χ3v) is 3.19. The van der Waals surface area contributed by atoms with Gasteiger partial charge in [0.25, 0.3) is 0 Å². The van der Waals surface area contributed by atoms with Gasteiger partial charge in [-0.15, -0.1) is 0 Å². The molecular formula is C12H24N2OS. The van der Waals surface area contributed by atoms with Crippen LogP contribution in [0.3, 0.4) is 0 Å². The summed E-state index contributed by atoms with van der Waals surface area (Å²) >= 11 is 4.87. The molecule has 0 aliphatic heterocycles. The number of carbonyl (C=O) groups excluding carboxylic acids is 1. The average Bonchev–Trinajstić information content (AvgIpc) is 2.17. The Balaban J connectivity index is 4.17. The molecule has 0 aliphatic rings. The van der Waals surface area contributed by atoms with Gasteiger partial charge in [0.2, 0.25) is 5.91 Å².